The van der Waals surface area contributed by atoms with Crippen molar-refractivity contribution in [3.63, 3.8) is 0 Å². The molecule has 0 rings (SSSR count). The number of ether oxygens (including phenoxy) is 1. The van der Waals surface area contributed by atoms with Gasteiger partial charge >= 0.3 is 5.97 Å². The largest absolute Gasteiger partial charge is 0.466 e. The summed E-state index contributed by atoms with van der Waals surface area (Å²) in [4.78, 5) is 11.0. The summed E-state index contributed by atoms with van der Waals surface area (Å²) in [5.41, 5.74) is 0. The molecule has 0 spiro atoms. The molecule has 0 saturated heterocycles. The molecule has 0 aromatic rings. The molecule has 0 radical (unpaired) electrons. The summed E-state index contributed by atoms with van der Waals surface area (Å²) in [7, 11) is 0. The quantitative estimate of drug-likeness (QED) is 0.499. The molecule has 14 heavy (non-hydrogen) atoms. The van der Waals surface area contributed by atoms with Crippen molar-refractivity contribution in [2.45, 2.75) is 27.2 Å². The predicted octanol–water partition coefficient (Wildman–Crippen LogP) is 2.29. The van der Waals surface area contributed by atoms with Gasteiger partial charge in [0.15, 0.2) is 0 Å². The average Bonchev–Trinajstić information content (AvgIpc) is 2.12. The lowest BCUT2D eigenvalue weighted by Gasteiger charge is -2.03. The zero-order valence-electron chi connectivity index (χ0n) is 8.99. The smallest absolute Gasteiger partial charge is 0.307 e. The molecule has 0 aliphatic heterocycles. The number of hydrogen-bond donors (Lipinski definition) is 0. The number of rotatable bonds is 5. The van der Waals surface area contributed by atoms with E-state index in [1.807, 2.05) is 19.9 Å². The van der Waals surface area contributed by atoms with E-state index in [0.717, 1.165) is 0 Å². The Hall–Kier alpha value is -1.30. The van der Waals surface area contributed by atoms with Gasteiger partial charge in [-0.25, -0.2) is 0 Å². The molecule has 3 nitrogen and oxygen atoms in total. The van der Waals surface area contributed by atoms with E-state index in [1.54, 1.807) is 13.0 Å². The molecule has 0 aliphatic carbocycles. The van der Waals surface area contributed by atoms with Crippen LogP contribution in [0.4, 0.5) is 0 Å². The van der Waals surface area contributed by atoms with Crippen LogP contribution in [0.25, 0.3) is 0 Å². The summed E-state index contributed by atoms with van der Waals surface area (Å²) >= 11 is 0. The number of nitriles is 1. The van der Waals surface area contributed by atoms with Crippen LogP contribution in [0.2, 0.25) is 0 Å². The Morgan fingerprint density at radius 3 is 2.57 bits per heavy atom. The maximum Gasteiger partial charge on any atom is 0.307 e. The Labute approximate surface area is 85.4 Å². The summed E-state index contributed by atoms with van der Waals surface area (Å²) in [5.74, 6) is -0.281. The van der Waals surface area contributed by atoms with Crippen molar-refractivity contribution in [2.75, 3.05) is 6.61 Å². The standard InChI is InChI=1S/C11H17NO2/c1-4-14-11(13)7-10(8-12)6-5-9(2)3/h5-6,9-10H,4,7H2,1-3H3/b6-5+. The normalized spacial score (nSPS) is 12.8. The van der Waals surface area contributed by atoms with Crippen LogP contribution in [0.15, 0.2) is 12.2 Å². The van der Waals surface area contributed by atoms with Crippen LogP contribution in [0.5, 0.6) is 0 Å². The van der Waals surface area contributed by atoms with Crippen LogP contribution in [0, 0.1) is 23.2 Å². The Bertz CT molecular complexity index is 238. The van der Waals surface area contributed by atoms with Crippen LogP contribution in [0.3, 0.4) is 0 Å². The Kier molecular flexibility index (Phi) is 6.47. The number of nitrogens with zero attached hydrogens (tertiary/aromatic N) is 1. The highest BCUT2D eigenvalue weighted by Crippen LogP contribution is 2.07. The van der Waals surface area contributed by atoms with E-state index in [0.29, 0.717) is 12.5 Å². The van der Waals surface area contributed by atoms with E-state index in [9.17, 15) is 4.79 Å². The Morgan fingerprint density at radius 2 is 2.14 bits per heavy atom. The Balaban J connectivity index is 4.05. The SMILES string of the molecule is CCOC(=O)CC(C#N)/C=C/C(C)C. The fraction of sp³-hybridized carbons (Fsp3) is 0.636. The van der Waals surface area contributed by atoms with E-state index in [4.69, 9.17) is 10.00 Å². The highest BCUT2D eigenvalue weighted by molar-refractivity contribution is 5.70. The van der Waals surface area contributed by atoms with Gasteiger partial charge in [-0.1, -0.05) is 26.0 Å². The number of carbonyl (C=O) groups excluding carboxylic acids is 1. The second-order valence-corrected chi connectivity index (χ2v) is 3.37. The molecule has 1 atom stereocenters. The molecule has 0 aromatic heterocycles. The van der Waals surface area contributed by atoms with Crippen molar-refractivity contribution in [1.29, 1.82) is 5.26 Å². The zero-order chi connectivity index (χ0) is 11.0. The van der Waals surface area contributed by atoms with Gasteiger partial charge in [-0.2, -0.15) is 5.26 Å². The monoisotopic (exact) mass is 195 g/mol. The first-order chi connectivity index (χ1) is 6.60. The molecule has 3 heteroatoms. The molecule has 0 aromatic carbocycles. The second kappa shape index (κ2) is 7.14. The second-order valence-electron chi connectivity index (χ2n) is 3.37. The molecule has 0 aliphatic rings. The first kappa shape index (κ1) is 12.7. The first-order valence-corrected chi connectivity index (χ1v) is 4.83. The third-order valence-corrected chi connectivity index (χ3v) is 1.59. The lowest BCUT2D eigenvalue weighted by atomic mass is 10.0. The molecule has 1 unspecified atom stereocenters. The van der Waals surface area contributed by atoms with E-state index < -0.39 is 0 Å². The van der Waals surface area contributed by atoms with Crippen molar-refractivity contribution < 1.29 is 9.53 Å². The van der Waals surface area contributed by atoms with Crippen LogP contribution in [-0.2, 0) is 9.53 Å². The summed E-state index contributed by atoms with van der Waals surface area (Å²) < 4.78 is 4.76. The lowest BCUT2D eigenvalue weighted by molar-refractivity contribution is -0.143. The summed E-state index contributed by atoms with van der Waals surface area (Å²) in [5, 5.41) is 8.75. The Morgan fingerprint density at radius 1 is 1.50 bits per heavy atom. The molecule has 78 valence electrons. The number of allylic oxidation sites excluding steroid dienone is 2. The average molecular weight is 195 g/mol. The van der Waals surface area contributed by atoms with E-state index >= 15 is 0 Å². The third-order valence-electron chi connectivity index (χ3n) is 1.59. The van der Waals surface area contributed by atoms with Crippen molar-refractivity contribution in [1.82, 2.24) is 0 Å². The highest BCUT2D eigenvalue weighted by Gasteiger charge is 2.10. The van der Waals surface area contributed by atoms with Gasteiger partial charge in [0.25, 0.3) is 0 Å². The minimum atomic E-state index is -0.364. The van der Waals surface area contributed by atoms with Crippen molar-refractivity contribution >= 4 is 5.97 Å². The van der Waals surface area contributed by atoms with Gasteiger partial charge in [-0.3, -0.25) is 4.79 Å². The van der Waals surface area contributed by atoms with Crippen LogP contribution in [-0.4, -0.2) is 12.6 Å². The van der Waals surface area contributed by atoms with Gasteiger partial charge in [0.2, 0.25) is 0 Å². The maximum absolute atomic E-state index is 11.0. The van der Waals surface area contributed by atoms with E-state index in [2.05, 4.69) is 6.07 Å². The topological polar surface area (TPSA) is 50.1 Å². The number of hydrogen-bond acceptors (Lipinski definition) is 3. The number of esters is 1. The molecule has 0 saturated carbocycles. The van der Waals surface area contributed by atoms with Crippen LogP contribution < -0.4 is 0 Å². The fourth-order valence-corrected chi connectivity index (χ4v) is 0.913. The van der Waals surface area contributed by atoms with Crippen LogP contribution in [0.1, 0.15) is 27.2 Å². The molecule has 0 amide bonds. The fourth-order valence-electron chi connectivity index (χ4n) is 0.913. The van der Waals surface area contributed by atoms with Crippen molar-refractivity contribution in [3.05, 3.63) is 12.2 Å². The molecule has 0 heterocycles. The first-order valence-electron chi connectivity index (χ1n) is 4.83. The minimum absolute atomic E-state index is 0.146. The van der Waals surface area contributed by atoms with Gasteiger partial charge in [-0.15, -0.1) is 0 Å². The predicted molar refractivity (Wildman–Crippen MR) is 54.3 cm³/mol. The molecular formula is C11H17NO2. The van der Waals surface area contributed by atoms with Gasteiger partial charge in [0, 0.05) is 0 Å². The molecule has 0 N–H and O–H groups in total. The van der Waals surface area contributed by atoms with Gasteiger partial charge in [-0.05, 0) is 12.8 Å². The van der Waals surface area contributed by atoms with Gasteiger partial charge in [0.05, 0.1) is 25.0 Å². The van der Waals surface area contributed by atoms with E-state index in [-0.39, 0.29) is 18.3 Å². The summed E-state index contributed by atoms with van der Waals surface area (Å²) in [6.45, 7) is 6.17. The summed E-state index contributed by atoms with van der Waals surface area (Å²) in [6, 6.07) is 2.06. The minimum Gasteiger partial charge on any atom is -0.466 e. The van der Waals surface area contributed by atoms with Gasteiger partial charge < -0.3 is 4.74 Å². The maximum atomic E-state index is 11.0. The third kappa shape index (κ3) is 6.24. The molecular weight excluding hydrogens is 178 g/mol. The summed E-state index contributed by atoms with van der Waals surface area (Å²) in [6.07, 6.45) is 3.84. The lowest BCUT2D eigenvalue weighted by Crippen LogP contribution is -2.08. The molecule has 0 fully saturated rings. The molecule has 0 bridgehead atoms. The van der Waals surface area contributed by atoms with Gasteiger partial charge in [0.1, 0.15) is 0 Å². The van der Waals surface area contributed by atoms with E-state index in [1.165, 1.54) is 0 Å². The zero-order valence-corrected chi connectivity index (χ0v) is 8.99. The number of carbonyl (C=O) groups is 1. The highest BCUT2D eigenvalue weighted by atomic mass is 16.5. The van der Waals surface area contributed by atoms with Crippen molar-refractivity contribution in [3.8, 4) is 6.07 Å². The van der Waals surface area contributed by atoms with Crippen molar-refractivity contribution in [2.24, 2.45) is 11.8 Å². The van der Waals surface area contributed by atoms with Crippen LogP contribution >= 0.6 is 0 Å².